The fourth-order valence-electron chi connectivity index (χ4n) is 3.72. The van der Waals surface area contributed by atoms with E-state index in [2.05, 4.69) is 20.7 Å². The topological polar surface area (TPSA) is 98.1 Å². The Bertz CT molecular complexity index is 1500. The molecule has 8 nitrogen and oxygen atoms in total. The van der Waals surface area contributed by atoms with E-state index < -0.39 is 28.9 Å². The smallest absolute Gasteiger partial charge is 0.240 e. The molecule has 4 aromatic rings. The predicted octanol–water partition coefficient (Wildman–Crippen LogP) is 5.56. The normalized spacial score (nSPS) is 13.6. The Morgan fingerprint density at radius 1 is 1.05 bits per heavy atom. The summed E-state index contributed by atoms with van der Waals surface area (Å²) in [5.74, 6) is -2.04. The number of rotatable bonds is 7. The van der Waals surface area contributed by atoms with Gasteiger partial charge in [-0.1, -0.05) is 11.6 Å². The van der Waals surface area contributed by atoms with Crippen molar-refractivity contribution in [2.45, 2.75) is 12.8 Å². The van der Waals surface area contributed by atoms with Crippen LogP contribution in [0.1, 0.15) is 12.8 Å². The Hall–Kier alpha value is -4.31. The zero-order valence-corrected chi connectivity index (χ0v) is 20.2. The monoisotopic (exact) mass is 523 g/mol. The number of hydrogen-bond donors (Lipinski definition) is 2. The van der Waals surface area contributed by atoms with Crippen LogP contribution in [0.15, 0.2) is 67.1 Å². The summed E-state index contributed by atoms with van der Waals surface area (Å²) in [5, 5.41) is 9.23. The van der Waals surface area contributed by atoms with Gasteiger partial charge >= 0.3 is 0 Å². The highest BCUT2D eigenvalue weighted by atomic mass is 35.5. The van der Waals surface area contributed by atoms with Gasteiger partial charge in [0, 0.05) is 42.8 Å². The third-order valence-electron chi connectivity index (χ3n) is 5.95. The number of aromatic nitrogens is 3. The summed E-state index contributed by atoms with van der Waals surface area (Å²) in [6, 6.07) is 10.7. The Morgan fingerprint density at radius 3 is 2.46 bits per heavy atom. The number of nitrogens with zero attached hydrogens (tertiary/aromatic N) is 3. The molecule has 0 aliphatic heterocycles. The van der Waals surface area contributed by atoms with Crippen molar-refractivity contribution in [1.29, 1.82) is 0 Å². The summed E-state index contributed by atoms with van der Waals surface area (Å²) >= 11 is 6.33. The second-order valence-electron chi connectivity index (χ2n) is 8.64. The number of pyridine rings is 1. The van der Waals surface area contributed by atoms with E-state index in [0.29, 0.717) is 30.0 Å². The fourth-order valence-corrected chi connectivity index (χ4v) is 3.93. The first-order valence-electron chi connectivity index (χ1n) is 11.2. The number of amides is 2. The highest BCUT2D eigenvalue weighted by Gasteiger charge is 2.56. The molecule has 2 heterocycles. The lowest BCUT2D eigenvalue weighted by molar-refractivity contribution is -0.131. The van der Waals surface area contributed by atoms with Crippen molar-refractivity contribution in [2.24, 2.45) is 12.5 Å². The molecule has 2 aromatic carbocycles. The number of carbonyl (C=O) groups is 2. The van der Waals surface area contributed by atoms with Gasteiger partial charge in [-0.2, -0.15) is 5.10 Å². The lowest BCUT2D eigenvalue weighted by Crippen LogP contribution is -2.35. The van der Waals surface area contributed by atoms with Gasteiger partial charge in [0.2, 0.25) is 11.8 Å². The first-order chi connectivity index (χ1) is 17.7. The molecule has 5 rings (SSSR count). The van der Waals surface area contributed by atoms with Crippen LogP contribution in [0.25, 0.3) is 11.3 Å². The Labute approximate surface area is 215 Å². The van der Waals surface area contributed by atoms with Crippen molar-refractivity contribution in [3.8, 4) is 22.8 Å². The number of aryl methyl sites for hydroxylation is 1. The van der Waals surface area contributed by atoms with Gasteiger partial charge in [0.05, 0.1) is 22.6 Å². The molecule has 2 amide bonds. The number of carbonyl (C=O) groups excluding carboxylic acids is 2. The van der Waals surface area contributed by atoms with E-state index in [1.54, 1.807) is 42.5 Å². The van der Waals surface area contributed by atoms with Crippen molar-refractivity contribution in [3.05, 3.63) is 83.8 Å². The maximum absolute atomic E-state index is 14.9. The van der Waals surface area contributed by atoms with Crippen molar-refractivity contribution < 1.29 is 23.1 Å². The van der Waals surface area contributed by atoms with Gasteiger partial charge < -0.3 is 15.4 Å². The van der Waals surface area contributed by atoms with Gasteiger partial charge in [0.1, 0.15) is 22.7 Å². The minimum atomic E-state index is -1.35. The lowest BCUT2D eigenvalue weighted by atomic mass is 10.0. The molecule has 2 aromatic heterocycles. The molecule has 0 saturated heterocycles. The van der Waals surface area contributed by atoms with E-state index in [1.807, 2.05) is 0 Å². The predicted molar refractivity (Wildman–Crippen MR) is 133 cm³/mol. The average Bonchev–Trinajstić information content (AvgIpc) is 3.58. The summed E-state index contributed by atoms with van der Waals surface area (Å²) in [4.78, 5) is 29.9. The third-order valence-corrected chi connectivity index (χ3v) is 6.25. The Kier molecular flexibility index (Phi) is 6.34. The van der Waals surface area contributed by atoms with Crippen LogP contribution in [-0.4, -0.2) is 26.6 Å². The minimum absolute atomic E-state index is 0.0377. The molecule has 2 N–H and O–H groups in total. The molecule has 0 bridgehead atoms. The van der Waals surface area contributed by atoms with Crippen molar-refractivity contribution in [3.63, 3.8) is 0 Å². The van der Waals surface area contributed by atoms with E-state index in [0.717, 1.165) is 11.6 Å². The maximum atomic E-state index is 14.9. The largest absolute Gasteiger partial charge is 0.456 e. The first kappa shape index (κ1) is 24.4. The summed E-state index contributed by atoms with van der Waals surface area (Å²) in [7, 11) is 1.79. The Morgan fingerprint density at radius 2 is 1.78 bits per heavy atom. The van der Waals surface area contributed by atoms with E-state index >= 15 is 0 Å². The number of benzene rings is 2. The van der Waals surface area contributed by atoms with Gasteiger partial charge in [-0.15, -0.1) is 0 Å². The minimum Gasteiger partial charge on any atom is -0.456 e. The van der Waals surface area contributed by atoms with Crippen molar-refractivity contribution in [2.75, 3.05) is 10.6 Å². The molecule has 0 unspecified atom stereocenters. The molecule has 0 spiro atoms. The van der Waals surface area contributed by atoms with Crippen LogP contribution in [0.2, 0.25) is 5.02 Å². The SMILES string of the molecule is Cn1cc(-c2cc(Oc3cc(F)c(NC(=O)C4(C(=O)Nc5ccc(F)cc5)CC4)cc3Cl)ccn2)cn1. The van der Waals surface area contributed by atoms with Crippen LogP contribution >= 0.6 is 11.6 Å². The molecule has 11 heteroatoms. The number of hydrogen-bond acceptors (Lipinski definition) is 5. The highest BCUT2D eigenvalue weighted by molar-refractivity contribution is 6.32. The van der Waals surface area contributed by atoms with Gasteiger partial charge in [0.15, 0.2) is 5.82 Å². The highest BCUT2D eigenvalue weighted by Crippen LogP contribution is 2.48. The number of nitrogens with one attached hydrogen (secondary N) is 2. The number of halogens is 3. The van der Waals surface area contributed by atoms with E-state index in [1.165, 1.54) is 30.3 Å². The van der Waals surface area contributed by atoms with Gasteiger partial charge in [0.25, 0.3) is 0 Å². The molecule has 1 aliphatic rings. The standard InChI is InChI=1S/C26H20ClF2N5O3/c1-34-14-15(13-31-34)21-10-18(6-9-30-21)37-23-12-20(29)22(11-19(23)27)33-25(36)26(7-8-26)24(35)32-17-4-2-16(28)3-5-17/h2-6,9-14H,7-8H2,1H3,(H,32,35)(H,33,36). The van der Waals surface area contributed by atoms with Crippen LogP contribution in [0.4, 0.5) is 20.2 Å². The van der Waals surface area contributed by atoms with Crippen LogP contribution in [-0.2, 0) is 16.6 Å². The second kappa shape index (κ2) is 9.62. The number of anilines is 2. The van der Waals surface area contributed by atoms with Crippen LogP contribution in [0.3, 0.4) is 0 Å². The molecular formula is C26H20ClF2N5O3. The van der Waals surface area contributed by atoms with Crippen molar-refractivity contribution in [1.82, 2.24) is 14.8 Å². The number of ether oxygens (including phenoxy) is 1. The fraction of sp³-hybridized carbons (Fsp3) is 0.154. The lowest BCUT2D eigenvalue weighted by Gasteiger charge is -2.17. The quantitative estimate of drug-likeness (QED) is 0.309. The molecule has 1 fully saturated rings. The van der Waals surface area contributed by atoms with Crippen molar-refractivity contribution >= 4 is 34.8 Å². The van der Waals surface area contributed by atoms with E-state index in [-0.39, 0.29) is 16.5 Å². The summed E-state index contributed by atoms with van der Waals surface area (Å²) in [6.07, 6.45) is 5.58. The summed E-state index contributed by atoms with van der Waals surface area (Å²) < 4.78 is 35.4. The van der Waals surface area contributed by atoms with Crippen LogP contribution in [0, 0.1) is 17.0 Å². The zero-order valence-electron chi connectivity index (χ0n) is 19.5. The molecular weight excluding hydrogens is 504 g/mol. The average molecular weight is 524 g/mol. The van der Waals surface area contributed by atoms with E-state index in [9.17, 15) is 18.4 Å². The van der Waals surface area contributed by atoms with Gasteiger partial charge in [-0.3, -0.25) is 19.3 Å². The molecule has 0 radical (unpaired) electrons. The van der Waals surface area contributed by atoms with Gasteiger partial charge in [-0.25, -0.2) is 8.78 Å². The zero-order chi connectivity index (χ0) is 26.2. The maximum Gasteiger partial charge on any atom is 0.240 e. The van der Waals surface area contributed by atoms with Crippen LogP contribution in [0.5, 0.6) is 11.5 Å². The van der Waals surface area contributed by atoms with Gasteiger partial charge in [-0.05, 0) is 49.2 Å². The summed E-state index contributed by atoms with van der Waals surface area (Å²) in [5.41, 5.74) is 0.209. The summed E-state index contributed by atoms with van der Waals surface area (Å²) in [6.45, 7) is 0. The second-order valence-corrected chi connectivity index (χ2v) is 9.05. The Balaban J connectivity index is 1.29. The van der Waals surface area contributed by atoms with Crippen LogP contribution < -0.4 is 15.4 Å². The molecule has 37 heavy (non-hydrogen) atoms. The molecule has 1 saturated carbocycles. The molecule has 0 atom stereocenters. The first-order valence-corrected chi connectivity index (χ1v) is 11.6. The third kappa shape index (κ3) is 5.14. The van der Waals surface area contributed by atoms with E-state index in [4.69, 9.17) is 16.3 Å². The molecule has 188 valence electrons. The molecule has 1 aliphatic carbocycles.